The molecule has 0 saturated carbocycles. The maximum atomic E-state index is 11.6. The van der Waals surface area contributed by atoms with Gasteiger partial charge in [-0.1, -0.05) is 6.92 Å². The SMILES string of the molecule is CCCNC(=O)c1cccnc1S(N)(=O)=O. The van der Waals surface area contributed by atoms with Gasteiger partial charge >= 0.3 is 0 Å². The van der Waals surface area contributed by atoms with Crippen LogP contribution in [0.4, 0.5) is 0 Å². The molecule has 16 heavy (non-hydrogen) atoms. The summed E-state index contributed by atoms with van der Waals surface area (Å²) in [5.41, 5.74) is -0.0292. The van der Waals surface area contributed by atoms with Gasteiger partial charge in [-0.3, -0.25) is 4.79 Å². The largest absolute Gasteiger partial charge is 0.352 e. The van der Waals surface area contributed by atoms with Gasteiger partial charge in [0.1, 0.15) is 0 Å². The van der Waals surface area contributed by atoms with Crippen LogP contribution in [0.25, 0.3) is 0 Å². The third kappa shape index (κ3) is 3.01. The molecule has 0 aliphatic rings. The molecule has 1 heterocycles. The number of rotatable bonds is 4. The number of amides is 1. The third-order valence-electron chi connectivity index (χ3n) is 1.82. The van der Waals surface area contributed by atoms with Crippen LogP contribution in [0, 0.1) is 0 Å². The summed E-state index contributed by atoms with van der Waals surface area (Å²) in [5.74, 6) is -0.487. The Labute approximate surface area is 93.9 Å². The molecule has 0 aromatic carbocycles. The van der Waals surface area contributed by atoms with E-state index in [1.807, 2.05) is 6.92 Å². The van der Waals surface area contributed by atoms with E-state index in [1.165, 1.54) is 18.3 Å². The Bertz CT molecular complexity index is 485. The predicted molar refractivity (Wildman–Crippen MR) is 58.2 cm³/mol. The van der Waals surface area contributed by atoms with Crippen LogP contribution in [-0.2, 0) is 10.0 Å². The molecule has 1 aromatic rings. The van der Waals surface area contributed by atoms with Crippen LogP contribution in [0.15, 0.2) is 23.4 Å². The van der Waals surface area contributed by atoms with Gasteiger partial charge in [0.15, 0.2) is 5.03 Å². The zero-order chi connectivity index (χ0) is 12.2. The summed E-state index contributed by atoms with van der Waals surface area (Å²) in [6.07, 6.45) is 2.03. The van der Waals surface area contributed by atoms with E-state index in [0.717, 1.165) is 6.42 Å². The number of aromatic nitrogens is 1. The fraction of sp³-hybridized carbons (Fsp3) is 0.333. The highest BCUT2D eigenvalue weighted by molar-refractivity contribution is 7.89. The summed E-state index contributed by atoms with van der Waals surface area (Å²) >= 11 is 0. The Morgan fingerprint density at radius 3 is 2.81 bits per heavy atom. The van der Waals surface area contributed by atoms with Crippen molar-refractivity contribution in [2.24, 2.45) is 5.14 Å². The molecule has 88 valence electrons. The highest BCUT2D eigenvalue weighted by Crippen LogP contribution is 2.09. The third-order valence-corrected chi connectivity index (χ3v) is 2.69. The van der Waals surface area contributed by atoms with Gasteiger partial charge in [0.05, 0.1) is 5.56 Å². The number of pyridine rings is 1. The van der Waals surface area contributed by atoms with Crippen LogP contribution in [0.3, 0.4) is 0 Å². The quantitative estimate of drug-likeness (QED) is 0.768. The fourth-order valence-electron chi connectivity index (χ4n) is 1.12. The van der Waals surface area contributed by atoms with Crippen LogP contribution >= 0.6 is 0 Å². The molecule has 0 atom stereocenters. The molecule has 1 aromatic heterocycles. The van der Waals surface area contributed by atoms with Crippen LogP contribution in [-0.4, -0.2) is 25.9 Å². The number of nitrogens with zero attached hydrogens (tertiary/aromatic N) is 1. The first-order valence-corrected chi connectivity index (χ1v) is 6.27. The van der Waals surface area contributed by atoms with E-state index in [-0.39, 0.29) is 5.56 Å². The molecule has 0 unspecified atom stereocenters. The second-order valence-corrected chi connectivity index (χ2v) is 4.63. The smallest absolute Gasteiger partial charge is 0.256 e. The Morgan fingerprint density at radius 2 is 2.25 bits per heavy atom. The van der Waals surface area contributed by atoms with Crippen LogP contribution in [0.5, 0.6) is 0 Å². The molecule has 0 fully saturated rings. The molecule has 0 radical (unpaired) electrons. The van der Waals surface area contributed by atoms with Crippen molar-refractivity contribution in [2.45, 2.75) is 18.4 Å². The van der Waals surface area contributed by atoms with Gasteiger partial charge in [-0.05, 0) is 18.6 Å². The van der Waals surface area contributed by atoms with Gasteiger partial charge in [-0.2, -0.15) is 0 Å². The fourth-order valence-corrected chi connectivity index (χ4v) is 1.80. The van der Waals surface area contributed by atoms with Crippen molar-refractivity contribution in [1.29, 1.82) is 0 Å². The zero-order valence-electron chi connectivity index (χ0n) is 8.80. The number of nitrogens with one attached hydrogen (secondary N) is 1. The van der Waals surface area contributed by atoms with E-state index in [4.69, 9.17) is 5.14 Å². The summed E-state index contributed by atoms with van der Waals surface area (Å²) in [6, 6.07) is 2.85. The number of carbonyl (C=O) groups is 1. The summed E-state index contributed by atoms with van der Waals surface area (Å²) in [5, 5.41) is 7.12. The van der Waals surface area contributed by atoms with Crippen molar-refractivity contribution in [2.75, 3.05) is 6.54 Å². The number of primary sulfonamides is 1. The zero-order valence-corrected chi connectivity index (χ0v) is 9.62. The van der Waals surface area contributed by atoms with Crippen LogP contribution in [0.1, 0.15) is 23.7 Å². The minimum Gasteiger partial charge on any atom is -0.352 e. The van der Waals surface area contributed by atoms with E-state index >= 15 is 0 Å². The summed E-state index contributed by atoms with van der Waals surface area (Å²) in [4.78, 5) is 15.2. The van der Waals surface area contributed by atoms with Gasteiger partial charge in [0.2, 0.25) is 0 Å². The molecule has 1 amide bonds. The first-order chi connectivity index (χ1) is 7.46. The number of sulfonamides is 1. The van der Waals surface area contributed by atoms with E-state index in [2.05, 4.69) is 10.3 Å². The Morgan fingerprint density at radius 1 is 1.56 bits per heavy atom. The van der Waals surface area contributed by atoms with Gasteiger partial charge in [-0.25, -0.2) is 18.5 Å². The molecule has 0 aliphatic carbocycles. The van der Waals surface area contributed by atoms with Crippen molar-refractivity contribution in [3.05, 3.63) is 23.9 Å². The summed E-state index contributed by atoms with van der Waals surface area (Å²) in [6.45, 7) is 2.36. The molecule has 1 rings (SSSR count). The number of carbonyl (C=O) groups excluding carboxylic acids is 1. The Balaban J connectivity index is 3.09. The van der Waals surface area contributed by atoms with Crippen LogP contribution < -0.4 is 10.5 Å². The molecule has 0 aliphatic heterocycles. The monoisotopic (exact) mass is 243 g/mol. The lowest BCUT2D eigenvalue weighted by Crippen LogP contribution is -2.27. The topological polar surface area (TPSA) is 102 Å². The molecule has 0 bridgehead atoms. The summed E-state index contributed by atoms with van der Waals surface area (Å²) < 4.78 is 22.3. The Hall–Kier alpha value is -1.47. The standard InChI is InChI=1S/C9H13N3O3S/c1-2-5-11-8(13)7-4-3-6-12-9(7)16(10,14)15/h3-4,6H,2,5H2,1H3,(H,11,13)(H2,10,14,15). The number of nitrogens with two attached hydrogens (primary N) is 1. The van der Waals surface area contributed by atoms with Crippen molar-refractivity contribution in [1.82, 2.24) is 10.3 Å². The highest BCUT2D eigenvalue weighted by atomic mass is 32.2. The average molecular weight is 243 g/mol. The molecular formula is C9H13N3O3S. The lowest BCUT2D eigenvalue weighted by molar-refractivity contribution is 0.0949. The van der Waals surface area contributed by atoms with Gasteiger partial charge < -0.3 is 5.32 Å². The average Bonchev–Trinajstić information content (AvgIpc) is 2.24. The number of hydrogen-bond acceptors (Lipinski definition) is 4. The Kier molecular flexibility index (Phi) is 3.97. The molecule has 3 N–H and O–H groups in total. The predicted octanol–water partition coefficient (Wildman–Crippen LogP) is -0.131. The van der Waals surface area contributed by atoms with Gasteiger partial charge in [-0.15, -0.1) is 0 Å². The van der Waals surface area contributed by atoms with E-state index in [1.54, 1.807) is 0 Å². The molecule has 6 nitrogen and oxygen atoms in total. The first kappa shape index (κ1) is 12.6. The van der Waals surface area contributed by atoms with E-state index in [0.29, 0.717) is 6.54 Å². The normalized spacial score (nSPS) is 11.1. The summed E-state index contributed by atoms with van der Waals surface area (Å²) in [7, 11) is -3.98. The lowest BCUT2D eigenvalue weighted by Gasteiger charge is -2.06. The van der Waals surface area contributed by atoms with Gasteiger partial charge in [0.25, 0.3) is 15.9 Å². The number of hydrogen-bond donors (Lipinski definition) is 2. The van der Waals surface area contributed by atoms with Gasteiger partial charge in [0, 0.05) is 12.7 Å². The highest BCUT2D eigenvalue weighted by Gasteiger charge is 2.19. The minimum absolute atomic E-state index is 0.0292. The van der Waals surface area contributed by atoms with Crippen molar-refractivity contribution in [3.63, 3.8) is 0 Å². The molecular weight excluding hydrogens is 230 g/mol. The van der Waals surface area contributed by atoms with Crippen LogP contribution in [0.2, 0.25) is 0 Å². The second-order valence-electron chi connectivity index (χ2n) is 3.16. The van der Waals surface area contributed by atoms with Crippen molar-refractivity contribution >= 4 is 15.9 Å². The van der Waals surface area contributed by atoms with Crippen molar-refractivity contribution in [3.8, 4) is 0 Å². The maximum Gasteiger partial charge on any atom is 0.256 e. The van der Waals surface area contributed by atoms with E-state index in [9.17, 15) is 13.2 Å². The maximum absolute atomic E-state index is 11.6. The molecule has 7 heteroatoms. The second kappa shape index (κ2) is 5.04. The lowest BCUT2D eigenvalue weighted by atomic mass is 10.2. The molecule has 0 spiro atoms. The van der Waals surface area contributed by atoms with E-state index < -0.39 is 21.0 Å². The minimum atomic E-state index is -3.98. The first-order valence-electron chi connectivity index (χ1n) is 4.73. The molecule has 0 saturated heterocycles. The van der Waals surface area contributed by atoms with Crippen molar-refractivity contribution < 1.29 is 13.2 Å².